The van der Waals surface area contributed by atoms with Gasteiger partial charge in [-0.3, -0.25) is 14.0 Å². The number of nitrogens with zero attached hydrogens (tertiary/aromatic N) is 1. The number of nitrogens with one attached hydrogen (secondary N) is 1. The van der Waals surface area contributed by atoms with E-state index in [4.69, 9.17) is 0 Å². The molecule has 5 heteroatoms. The first-order valence-electron chi connectivity index (χ1n) is 5.21. The summed E-state index contributed by atoms with van der Waals surface area (Å²) in [5, 5.41) is 2.55. The molecule has 1 fully saturated rings. The Kier molecular flexibility index (Phi) is 4.05. The Balaban J connectivity index is 2.74. The van der Waals surface area contributed by atoms with Crippen LogP contribution in [-0.2, 0) is 9.59 Å². The Morgan fingerprint density at radius 2 is 2.20 bits per heavy atom. The van der Waals surface area contributed by atoms with Crippen LogP contribution >= 0.6 is 0 Å². The van der Waals surface area contributed by atoms with E-state index >= 15 is 0 Å². The number of carbonyl (C=O) groups excluding carboxylic acids is 2. The normalized spacial score (nSPS) is 22.1. The van der Waals surface area contributed by atoms with E-state index in [1.165, 1.54) is 4.90 Å². The average Bonchev–Trinajstić information content (AvgIpc) is 2.18. The lowest BCUT2D eigenvalue weighted by atomic mass is 9.99. The second kappa shape index (κ2) is 5.09. The van der Waals surface area contributed by atoms with E-state index < -0.39 is 12.7 Å². The predicted octanol–water partition coefficient (Wildman–Crippen LogP) is 0.329. The molecule has 1 rings (SSSR count). The summed E-state index contributed by atoms with van der Waals surface area (Å²) in [7, 11) is 0. The van der Waals surface area contributed by atoms with Gasteiger partial charge in [-0.15, -0.1) is 0 Å². The highest BCUT2D eigenvalue weighted by Gasteiger charge is 2.35. The zero-order valence-electron chi connectivity index (χ0n) is 9.12. The summed E-state index contributed by atoms with van der Waals surface area (Å²) >= 11 is 0. The maximum absolute atomic E-state index is 12.1. The van der Waals surface area contributed by atoms with E-state index in [2.05, 4.69) is 5.32 Å². The van der Waals surface area contributed by atoms with Crippen LogP contribution in [-0.4, -0.2) is 42.5 Å². The molecule has 1 atom stereocenters. The quantitative estimate of drug-likeness (QED) is 0.736. The molecule has 1 saturated heterocycles. The molecule has 86 valence electrons. The minimum Gasteiger partial charge on any atom is -0.345 e. The molecule has 0 aliphatic carbocycles. The van der Waals surface area contributed by atoms with Crippen LogP contribution in [0.15, 0.2) is 0 Å². The van der Waals surface area contributed by atoms with E-state index in [0.29, 0.717) is 13.0 Å². The summed E-state index contributed by atoms with van der Waals surface area (Å²) < 4.78 is 12.1. The van der Waals surface area contributed by atoms with Crippen molar-refractivity contribution >= 4 is 11.8 Å². The van der Waals surface area contributed by atoms with Gasteiger partial charge >= 0.3 is 0 Å². The molecule has 4 nitrogen and oxygen atoms in total. The van der Waals surface area contributed by atoms with Gasteiger partial charge in [-0.1, -0.05) is 13.8 Å². The Morgan fingerprint density at radius 1 is 1.53 bits per heavy atom. The molecular formula is C10H17FN2O2. The zero-order chi connectivity index (χ0) is 11.4. The Bertz CT molecular complexity index is 256. The molecule has 0 spiro atoms. The van der Waals surface area contributed by atoms with Gasteiger partial charge in [0.2, 0.25) is 11.8 Å². The molecule has 1 aliphatic heterocycles. The number of rotatable bonds is 4. The Labute approximate surface area is 88.8 Å². The second-order valence-electron chi connectivity index (χ2n) is 4.04. The van der Waals surface area contributed by atoms with Crippen LogP contribution < -0.4 is 5.32 Å². The van der Waals surface area contributed by atoms with Crippen LogP contribution in [0.1, 0.15) is 20.3 Å². The number of amides is 2. The molecule has 0 aromatic rings. The number of hydrogen-bond acceptors (Lipinski definition) is 2. The van der Waals surface area contributed by atoms with E-state index in [1.807, 2.05) is 13.8 Å². The molecule has 0 aromatic heterocycles. The van der Waals surface area contributed by atoms with Gasteiger partial charge < -0.3 is 10.2 Å². The average molecular weight is 216 g/mol. The molecule has 1 aliphatic rings. The fourth-order valence-electron chi connectivity index (χ4n) is 1.82. The summed E-state index contributed by atoms with van der Waals surface area (Å²) in [5.74, 6) is -0.209. The summed E-state index contributed by atoms with van der Waals surface area (Å²) in [6, 6.07) is -0.446. The van der Waals surface area contributed by atoms with Gasteiger partial charge in [0, 0.05) is 6.54 Å². The van der Waals surface area contributed by atoms with Crippen molar-refractivity contribution < 1.29 is 14.0 Å². The first kappa shape index (κ1) is 11.9. The number of hydrogen-bond donors (Lipinski definition) is 1. The molecule has 15 heavy (non-hydrogen) atoms. The molecular weight excluding hydrogens is 199 g/mol. The van der Waals surface area contributed by atoms with Gasteiger partial charge in [-0.05, 0) is 12.3 Å². The van der Waals surface area contributed by atoms with Crippen LogP contribution in [0.25, 0.3) is 0 Å². The molecule has 0 bridgehead atoms. The molecule has 1 heterocycles. The smallest absolute Gasteiger partial charge is 0.243 e. The number of alkyl halides is 1. The second-order valence-corrected chi connectivity index (χ2v) is 4.04. The lowest BCUT2D eigenvalue weighted by Gasteiger charge is -2.37. The van der Waals surface area contributed by atoms with E-state index in [0.717, 1.165) is 0 Å². The van der Waals surface area contributed by atoms with E-state index in [1.54, 1.807) is 0 Å². The molecule has 1 N–H and O–H groups in total. The van der Waals surface area contributed by atoms with Crippen LogP contribution in [0.4, 0.5) is 4.39 Å². The third-order valence-corrected chi connectivity index (χ3v) is 2.50. The van der Waals surface area contributed by atoms with Crippen molar-refractivity contribution in [2.45, 2.75) is 26.3 Å². The fraction of sp³-hybridized carbons (Fsp3) is 0.800. The van der Waals surface area contributed by atoms with Crippen LogP contribution in [0.5, 0.6) is 0 Å². The van der Waals surface area contributed by atoms with Gasteiger partial charge in [0.1, 0.15) is 6.04 Å². The van der Waals surface area contributed by atoms with Crippen molar-refractivity contribution in [3.8, 4) is 0 Å². The highest BCUT2D eigenvalue weighted by molar-refractivity contribution is 5.94. The van der Waals surface area contributed by atoms with Crippen molar-refractivity contribution in [3.05, 3.63) is 0 Å². The third kappa shape index (κ3) is 2.67. The van der Waals surface area contributed by atoms with E-state index in [-0.39, 0.29) is 24.3 Å². The fourth-order valence-corrected chi connectivity index (χ4v) is 1.82. The topological polar surface area (TPSA) is 49.4 Å². The van der Waals surface area contributed by atoms with Gasteiger partial charge in [0.15, 0.2) is 0 Å². The number of piperazine rings is 1. The maximum Gasteiger partial charge on any atom is 0.243 e. The first-order valence-corrected chi connectivity index (χ1v) is 5.21. The molecule has 1 unspecified atom stereocenters. The number of halogens is 1. The summed E-state index contributed by atoms with van der Waals surface area (Å²) in [5.41, 5.74) is 0. The van der Waals surface area contributed by atoms with Gasteiger partial charge in [0.05, 0.1) is 13.2 Å². The van der Waals surface area contributed by atoms with Crippen molar-refractivity contribution in [3.63, 3.8) is 0 Å². The van der Waals surface area contributed by atoms with Gasteiger partial charge in [-0.25, -0.2) is 0 Å². The van der Waals surface area contributed by atoms with Crippen molar-refractivity contribution in [2.75, 3.05) is 19.8 Å². The standard InChI is InChI=1S/C10H17FN2O2/c1-7(2)9-10(15)12-6-8(14)13(9)5-3-4-11/h7,9H,3-6H2,1-2H3,(H,12,15). The van der Waals surface area contributed by atoms with Crippen molar-refractivity contribution in [2.24, 2.45) is 5.92 Å². The lowest BCUT2D eigenvalue weighted by Crippen LogP contribution is -2.60. The SMILES string of the molecule is CC(C)C1C(=O)NCC(=O)N1CCCF. The van der Waals surface area contributed by atoms with Crippen LogP contribution in [0, 0.1) is 5.92 Å². The van der Waals surface area contributed by atoms with Crippen molar-refractivity contribution in [1.82, 2.24) is 10.2 Å². The van der Waals surface area contributed by atoms with Crippen LogP contribution in [0.3, 0.4) is 0 Å². The lowest BCUT2D eigenvalue weighted by molar-refractivity contribution is -0.147. The highest BCUT2D eigenvalue weighted by Crippen LogP contribution is 2.15. The summed E-state index contributed by atoms with van der Waals surface area (Å²) in [4.78, 5) is 24.6. The maximum atomic E-state index is 12.1. The highest BCUT2D eigenvalue weighted by atomic mass is 19.1. The molecule has 0 saturated carbocycles. The third-order valence-electron chi connectivity index (χ3n) is 2.50. The molecule has 0 radical (unpaired) electrons. The van der Waals surface area contributed by atoms with Gasteiger partial charge in [-0.2, -0.15) is 0 Å². The zero-order valence-corrected chi connectivity index (χ0v) is 9.12. The minimum atomic E-state index is -0.462. The Morgan fingerprint density at radius 3 is 2.73 bits per heavy atom. The van der Waals surface area contributed by atoms with Crippen molar-refractivity contribution in [1.29, 1.82) is 0 Å². The monoisotopic (exact) mass is 216 g/mol. The summed E-state index contributed by atoms with van der Waals surface area (Å²) in [6.45, 7) is 3.66. The minimum absolute atomic E-state index is 0.0361. The predicted molar refractivity (Wildman–Crippen MR) is 53.9 cm³/mol. The van der Waals surface area contributed by atoms with Gasteiger partial charge in [0.25, 0.3) is 0 Å². The van der Waals surface area contributed by atoms with E-state index in [9.17, 15) is 14.0 Å². The largest absolute Gasteiger partial charge is 0.345 e. The number of carbonyl (C=O) groups is 2. The molecule has 2 amide bonds. The Hall–Kier alpha value is -1.13. The van der Waals surface area contributed by atoms with Crippen LogP contribution in [0.2, 0.25) is 0 Å². The summed E-state index contributed by atoms with van der Waals surface area (Å²) in [6.07, 6.45) is 0.294. The first-order chi connectivity index (χ1) is 7.07. The molecule has 0 aromatic carbocycles.